The second-order valence-electron chi connectivity index (χ2n) is 4.79. The largest absolute Gasteiger partial charge is 0.496 e. The van der Waals surface area contributed by atoms with Gasteiger partial charge in [-0.05, 0) is 44.6 Å². The predicted octanol–water partition coefficient (Wildman–Crippen LogP) is 2.56. The molecular formula is C15H21NO3. The summed E-state index contributed by atoms with van der Waals surface area (Å²) in [5.74, 6) is -0.0581. The van der Waals surface area contributed by atoms with E-state index < -0.39 is 5.97 Å². The molecule has 104 valence electrons. The topological polar surface area (TPSA) is 49.8 Å². The van der Waals surface area contributed by atoms with Crippen molar-refractivity contribution in [3.05, 3.63) is 41.0 Å². The third-order valence-corrected chi connectivity index (χ3v) is 3.01. The quantitative estimate of drug-likeness (QED) is 0.829. The van der Waals surface area contributed by atoms with Gasteiger partial charge >= 0.3 is 5.97 Å². The number of carboxylic acid groups (broad SMARTS) is 1. The van der Waals surface area contributed by atoms with Gasteiger partial charge in [0.15, 0.2) is 0 Å². The van der Waals surface area contributed by atoms with Crippen LogP contribution in [-0.2, 0) is 4.79 Å². The molecule has 0 amide bonds. The maximum Gasteiger partial charge on any atom is 0.328 e. The molecule has 0 aromatic heterocycles. The maximum absolute atomic E-state index is 10.7. The SMILES string of the molecule is COc1c(C)cc(C(/C=C/C(=O)O)N(C)C)cc1C. The molecule has 0 radical (unpaired) electrons. The molecule has 1 unspecified atom stereocenters. The summed E-state index contributed by atoms with van der Waals surface area (Å²) in [7, 11) is 5.50. The van der Waals surface area contributed by atoms with Crippen molar-refractivity contribution in [1.29, 1.82) is 0 Å². The van der Waals surface area contributed by atoms with Crippen molar-refractivity contribution >= 4 is 5.97 Å². The van der Waals surface area contributed by atoms with Crippen molar-refractivity contribution in [1.82, 2.24) is 4.90 Å². The van der Waals surface area contributed by atoms with Gasteiger partial charge in [0.25, 0.3) is 0 Å². The number of hydrogen-bond acceptors (Lipinski definition) is 3. The van der Waals surface area contributed by atoms with Gasteiger partial charge in [0.05, 0.1) is 13.2 Å². The van der Waals surface area contributed by atoms with E-state index >= 15 is 0 Å². The number of aliphatic carboxylic acids is 1. The molecule has 0 aliphatic heterocycles. The smallest absolute Gasteiger partial charge is 0.328 e. The number of carbonyl (C=O) groups is 1. The van der Waals surface area contributed by atoms with Crippen LogP contribution in [0.25, 0.3) is 0 Å². The van der Waals surface area contributed by atoms with E-state index in [0.29, 0.717) is 0 Å². The molecule has 1 aromatic rings. The van der Waals surface area contributed by atoms with Crippen molar-refractivity contribution in [3.63, 3.8) is 0 Å². The molecule has 4 nitrogen and oxygen atoms in total. The zero-order valence-electron chi connectivity index (χ0n) is 12.1. The van der Waals surface area contributed by atoms with Crippen molar-refractivity contribution in [2.45, 2.75) is 19.9 Å². The Morgan fingerprint density at radius 1 is 1.32 bits per heavy atom. The Balaban J connectivity index is 3.21. The van der Waals surface area contributed by atoms with Gasteiger partial charge in [0.1, 0.15) is 5.75 Å². The van der Waals surface area contributed by atoms with Crippen LogP contribution in [0.3, 0.4) is 0 Å². The van der Waals surface area contributed by atoms with Crippen LogP contribution < -0.4 is 4.74 Å². The second-order valence-corrected chi connectivity index (χ2v) is 4.79. The summed E-state index contributed by atoms with van der Waals surface area (Å²) in [5, 5.41) is 8.76. The molecular weight excluding hydrogens is 242 g/mol. The molecule has 19 heavy (non-hydrogen) atoms. The molecule has 0 saturated heterocycles. The van der Waals surface area contributed by atoms with Gasteiger partial charge in [-0.15, -0.1) is 0 Å². The van der Waals surface area contributed by atoms with Gasteiger partial charge in [-0.2, -0.15) is 0 Å². The Morgan fingerprint density at radius 2 is 1.84 bits per heavy atom. The lowest BCUT2D eigenvalue weighted by Gasteiger charge is -2.23. The van der Waals surface area contributed by atoms with Gasteiger partial charge in [0, 0.05) is 6.08 Å². The number of ether oxygens (including phenoxy) is 1. The van der Waals surface area contributed by atoms with Crippen molar-refractivity contribution in [2.24, 2.45) is 0 Å². The van der Waals surface area contributed by atoms with E-state index in [1.54, 1.807) is 13.2 Å². The molecule has 0 bridgehead atoms. The molecule has 0 fully saturated rings. The van der Waals surface area contributed by atoms with Crippen LogP contribution >= 0.6 is 0 Å². The van der Waals surface area contributed by atoms with Gasteiger partial charge in [-0.3, -0.25) is 4.90 Å². The Hall–Kier alpha value is -1.81. The molecule has 0 aliphatic rings. The van der Waals surface area contributed by atoms with E-state index in [4.69, 9.17) is 9.84 Å². The molecule has 1 N–H and O–H groups in total. The maximum atomic E-state index is 10.7. The Bertz CT molecular complexity index is 469. The highest BCUT2D eigenvalue weighted by atomic mass is 16.5. The summed E-state index contributed by atoms with van der Waals surface area (Å²) in [6, 6.07) is 3.99. The van der Waals surface area contributed by atoms with E-state index in [1.165, 1.54) is 6.08 Å². The van der Waals surface area contributed by atoms with Crippen LogP contribution in [-0.4, -0.2) is 37.2 Å². The summed E-state index contributed by atoms with van der Waals surface area (Å²) in [6.45, 7) is 3.98. The minimum Gasteiger partial charge on any atom is -0.496 e. The minimum atomic E-state index is -0.936. The number of nitrogens with zero attached hydrogens (tertiary/aromatic N) is 1. The zero-order valence-corrected chi connectivity index (χ0v) is 12.1. The van der Waals surface area contributed by atoms with Crippen LogP contribution in [0.1, 0.15) is 22.7 Å². The fourth-order valence-corrected chi connectivity index (χ4v) is 2.23. The number of methoxy groups -OCH3 is 1. The van der Waals surface area contributed by atoms with E-state index in [0.717, 1.165) is 22.4 Å². The lowest BCUT2D eigenvalue weighted by Crippen LogP contribution is -2.18. The molecule has 0 spiro atoms. The standard InChI is InChI=1S/C15H21NO3/c1-10-8-12(9-11(2)15(10)19-5)13(16(3)4)6-7-14(17)18/h6-9,13H,1-5H3,(H,17,18)/b7-6+. The Morgan fingerprint density at radius 3 is 2.21 bits per heavy atom. The molecule has 0 saturated carbocycles. The highest BCUT2D eigenvalue weighted by Gasteiger charge is 2.14. The van der Waals surface area contributed by atoms with Crippen LogP contribution in [0.15, 0.2) is 24.3 Å². The van der Waals surface area contributed by atoms with E-state index in [2.05, 4.69) is 0 Å². The average Bonchev–Trinajstić information content (AvgIpc) is 2.27. The lowest BCUT2D eigenvalue weighted by atomic mass is 9.99. The molecule has 1 atom stereocenters. The van der Waals surface area contributed by atoms with Crippen LogP contribution in [0.5, 0.6) is 5.75 Å². The van der Waals surface area contributed by atoms with Gasteiger partial charge in [-0.25, -0.2) is 4.79 Å². The van der Waals surface area contributed by atoms with Crippen molar-refractivity contribution in [3.8, 4) is 5.75 Å². The monoisotopic (exact) mass is 263 g/mol. The normalized spacial score (nSPS) is 12.9. The summed E-state index contributed by atoms with van der Waals surface area (Å²) in [6.07, 6.45) is 2.86. The molecule has 4 heteroatoms. The van der Waals surface area contributed by atoms with Crippen molar-refractivity contribution in [2.75, 3.05) is 21.2 Å². The zero-order chi connectivity index (χ0) is 14.6. The fourth-order valence-electron chi connectivity index (χ4n) is 2.23. The summed E-state index contributed by atoms with van der Waals surface area (Å²) < 4.78 is 5.34. The molecule has 0 aliphatic carbocycles. The number of rotatable bonds is 5. The summed E-state index contributed by atoms with van der Waals surface area (Å²) in [5.41, 5.74) is 3.15. The second kappa shape index (κ2) is 6.38. The minimum absolute atomic E-state index is 0.0700. The first kappa shape index (κ1) is 15.2. The van der Waals surface area contributed by atoms with E-state index in [-0.39, 0.29) is 6.04 Å². The Kier molecular flexibility index (Phi) is 5.12. The van der Waals surface area contributed by atoms with Gasteiger partial charge < -0.3 is 9.84 Å². The van der Waals surface area contributed by atoms with Crippen molar-refractivity contribution < 1.29 is 14.6 Å². The third kappa shape index (κ3) is 3.83. The number of benzene rings is 1. The van der Waals surface area contributed by atoms with Gasteiger partial charge in [-0.1, -0.05) is 18.2 Å². The first-order chi connectivity index (χ1) is 8.86. The predicted molar refractivity (Wildman–Crippen MR) is 75.7 cm³/mol. The van der Waals surface area contributed by atoms with E-state index in [9.17, 15) is 4.79 Å². The Labute approximate surface area is 114 Å². The molecule has 0 heterocycles. The molecule has 1 rings (SSSR count). The molecule has 1 aromatic carbocycles. The number of hydrogen-bond donors (Lipinski definition) is 1. The van der Waals surface area contributed by atoms with Crippen LogP contribution in [0.4, 0.5) is 0 Å². The number of carboxylic acids is 1. The average molecular weight is 263 g/mol. The lowest BCUT2D eigenvalue weighted by molar-refractivity contribution is -0.131. The third-order valence-electron chi connectivity index (χ3n) is 3.01. The van der Waals surface area contributed by atoms with Gasteiger partial charge in [0.2, 0.25) is 0 Å². The number of aryl methyl sites for hydroxylation is 2. The highest BCUT2D eigenvalue weighted by molar-refractivity contribution is 5.79. The van der Waals surface area contributed by atoms with Crippen LogP contribution in [0.2, 0.25) is 0 Å². The summed E-state index contributed by atoms with van der Waals surface area (Å²) in [4.78, 5) is 12.6. The van der Waals surface area contributed by atoms with Crippen LogP contribution in [0, 0.1) is 13.8 Å². The van der Waals surface area contributed by atoms with E-state index in [1.807, 2.05) is 45.0 Å². The number of likely N-dealkylation sites (N-methyl/N-ethyl adjacent to an activating group) is 1. The first-order valence-electron chi connectivity index (χ1n) is 6.09. The summed E-state index contributed by atoms with van der Waals surface area (Å²) >= 11 is 0. The highest BCUT2D eigenvalue weighted by Crippen LogP contribution is 2.29. The first-order valence-corrected chi connectivity index (χ1v) is 6.09. The fraction of sp³-hybridized carbons (Fsp3) is 0.400.